The molecular formula is C21H17BrN4O3. The SMILES string of the molecule is COc1ccc(-c2ccc(OC)c3nc(NC(=O)c4ccc(Br)cc4)nn23)cc1. The van der Waals surface area contributed by atoms with Crippen LogP contribution in [0.15, 0.2) is 65.1 Å². The number of ether oxygens (including phenoxy) is 2. The van der Waals surface area contributed by atoms with Gasteiger partial charge in [0.05, 0.1) is 19.9 Å². The lowest BCUT2D eigenvalue weighted by molar-refractivity contribution is 0.102. The molecule has 2 heterocycles. The Morgan fingerprint density at radius 1 is 0.966 bits per heavy atom. The highest BCUT2D eigenvalue weighted by Gasteiger charge is 2.16. The van der Waals surface area contributed by atoms with Crippen LogP contribution in [-0.4, -0.2) is 34.7 Å². The number of nitrogens with zero attached hydrogens (tertiary/aromatic N) is 3. The van der Waals surface area contributed by atoms with Gasteiger partial charge < -0.3 is 9.47 Å². The van der Waals surface area contributed by atoms with Crippen LogP contribution in [0.25, 0.3) is 16.9 Å². The van der Waals surface area contributed by atoms with Crippen LogP contribution in [0.2, 0.25) is 0 Å². The number of methoxy groups -OCH3 is 2. The molecule has 4 aromatic rings. The Kier molecular flexibility index (Phi) is 5.18. The average molecular weight is 453 g/mol. The largest absolute Gasteiger partial charge is 0.497 e. The Bertz CT molecular complexity index is 1170. The molecule has 0 atom stereocenters. The van der Waals surface area contributed by atoms with E-state index in [4.69, 9.17) is 9.47 Å². The molecule has 29 heavy (non-hydrogen) atoms. The van der Waals surface area contributed by atoms with E-state index >= 15 is 0 Å². The van der Waals surface area contributed by atoms with E-state index in [2.05, 4.69) is 31.3 Å². The van der Waals surface area contributed by atoms with Gasteiger partial charge in [-0.05, 0) is 60.7 Å². The zero-order valence-electron chi connectivity index (χ0n) is 15.7. The van der Waals surface area contributed by atoms with Crippen molar-refractivity contribution in [3.05, 3.63) is 70.7 Å². The van der Waals surface area contributed by atoms with E-state index in [-0.39, 0.29) is 11.9 Å². The molecule has 0 aliphatic carbocycles. The Balaban J connectivity index is 1.73. The van der Waals surface area contributed by atoms with E-state index in [9.17, 15) is 4.79 Å². The number of hydrogen-bond donors (Lipinski definition) is 1. The average Bonchev–Trinajstić information content (AvgIpc) is 3.17. The summed E-state index contributed by atoms with van der Waals surface area (Å²) in [4.78, 5) is 17.0. The molecule has 0 fully saturated rings. The third kappa shape index (κ3) is 3.79. The van der Waals surface area contributed by atoms with Crippen molar-refractivity contribution in [3.63, 3.8) is 0 Å². The second-order valence-corrected chi connectivity index (χ2v) is 7.06. The van der Waals surface area contributed by atoms with E-state index in [1.165, 1.54) is 0 Å². The zero-order chi connectivity index (χ0) is 20.4. The minimum absolute atomic E-state index is 0.192. The summed E-state index contributed by atoms with van der Waals surface area (Å²) < 4.78 is 13.2. The molecule has 7 nitrogen and oxygen atoms in total. The van der Waals surface area contributed by atoms with Gasteiger partial charge in [-0.3, -0.25) is 10.1 Å². The Labute approximate surface area is 175 Å². The van der Waals surface area contributed by atoms with Gasteiger partial charge in [-0.25, -0.2) is 4.52 Å². The maximum Gasteiger partial charge on any atom is 0.258 e. The molecule has 0 aliphatic rings. The molecule has 0 radical (unpaired) electrons. The van der Waals surface area contributed by atoms with E-state index in [0.29, 0.717) is 17.0 Å². The van der Waals surface area contributed by atoms with Crippen LogP contribution in [0.5, 0.6) is 11.5 Å². The molecule has 146 valence electrons. The fraction of sp³-hybridized carbons (Fsp3) is 0.0952. The van der Waals surface area contributed by atoms with E-state index in [1.807, 2.05) is 36.4 Å². The van der Waals surface area contributed by atoms with Gasteiger partial charge in [0.25, 0.3) is 5.91 Å². The molecule has 0 saturated heterocycles. The molecule has 0 bridgehead atoms. The number of anilines is 1. The van der Waals surface area contributed by atoms with Crippen LogP contribution < -0.4 is 14.8 Å². The number of aromatic nitrogens is 3. The van der Waals surface area contributed by atoms with Crippen molar-refractivity contribution in [2.75, 3.05) is 19.5 Å². The van der Waals surface area contributed by atoms with E-state index < -0.39 is 0 Å². The Morgan fingerprint density at radius 2 is 1.69 bits per heavy atom. The molecule has 0 saturated carbocycles. The molecule has 0 unspecified atom stereocenters. The summed E-state index contributed by atoms with van der Waals surface area (Å²) >= 11 is 3.36. The van der Waals surface area contributed by atoms with Gasteiger partial charge in [-0.15, -0.1) is 5.10 Å². The smallest absolute Gasteiger partial charge is 0.258 e. The molecule has 4 rings (SSSR count). The molecule has 1 amide bonds. The van der Waals surface area contributed by atoms with Gasteiger partial charge in [-0.1, -0.05) is 15.9 Å². The number of fused-ring (bicyclic) bond motifs is 1. The van der Waals surface area contributed by atoms with Crippen LogP contribution >= 0.6 is 15.9 Å². The first-order valence-corrected chi connectivity index (χ1v) is 9.53. The standard InChI is InChI=1S/C21H17BrN4O3/c1-28-16-9-5-13(6-10-16)17-11-12-18(29-2)19-23-21(25-26(17)19)24-20(27)14-3-7-15(22)8-4-14/h3-12H,1-2H3,(H,24,25,27). The van der Waals surface area contributed by atoms with Crippen molar-refractivity contribution in [2.45, 2.75) is 0 Å². The lowest BCUT2D eigenvalue weighted by atomic mass is 10.1. The normalized spacial score (nSPS) is 10.7. The van der Waals surface area contributed by atoms with Gasteiger partial charge in [0, 0.05) is 15.6 Å². The summed E-state index contributed by atoms with van der Waals surface area (Å²) in [5, 5.41) is 7.22. The molecule has 0 spiro atoms. The number of rotatable bonds is 5. The van der Waals surface area contributed by atoms with Crippen molar-refractivity contribution in [1.82, 2.24) is 14.6 Å². The van der Waals surface area contributed by atoms with Crippen molar-refractivity contribution < 1.29 is 14.3 Å². The number of hydrogen-bond acceptors (Lipinski definition) is 5. The van der Waals surface area contributed by atoms with Crippen LogP contribution in [0.4, 0.5) is 5.95 Å². The van der Waals surface area contributed by atoms with Crippen molar-refractivity contribution in [2.24, 2.45) is 0 Å². The number of nitrogens with one attached hydrogen (secondary N) is 1. The van der Waals surface area contributed by atoms with Crippen LogP contribution in [0.1, 0.15) is 10.4 Å². The monoisotopic (exact) mass is 452 g/mol. The minimum Gasteiger partial charge on any atom is -0.497 e. The predicted octanol–water partition coefficient (Wildman–Crippen LogP) is 4.43. The fourth-order valence-electron chi connectivity index (χ4n) is 2.91. The summed E-state index contributed by atoms with van der Waals surface area (Å²) in [6.45, 7) is 0. The molecule has 2 aromatic heterocycles. The third-order valence-electron chi connectivity index (χ3n) is 4.39. The third-order valence-corrected chi connectivity index (χ3v) is 4.91. The van der Waals surface area contributed by atoms with E-state index in [1.54, 1.807) is 43.0 Å². The lowest BCUT2D eigenvalue weighted by Gasteiger charge is -2.08. The lowest BCUT2D eigenvalue weighted by Crippen LogP contribution is -2.13. The maximum absolute atomic E-state index is 12.5. The predicted molar refractivity (Wildman–Crippen MR) is 114 cm³/mol. The zero-order valence-corrected chi connectivity index (χ0v) is 17.3. The molecule has 0 aliphatic heterocycles. The van der Waals surface area contributed by atoms with Crippen LogP contribution in [0, 0.1) is 0 Å². The fourth-order valence-corrected chi connectivity index (χ4v) is 3.17. The molecule has 1 N–H and O–H groups in total. The Morgan fingerprint density at radius 3 is 2.34 bits per heavy atom. The highest BCUT2D eigenvalue weighted by molar-refractivity contribution is 9.10. The first-order chi connectivity index (χ1) is 14.1. The second kappa shape index (κ2) is 7.92. The number of carbonyl (C=O) groups excluding carboxylic acids is 1. The maximum atomic E-state index is 12.5. The number of halogens is 1. The Hall–Kier alpha value is -3.39. The number of carbonyl (C=O) groups is 1. The quantitative estimate of drug-likeness (QED) is 0.484. The number of amides is 1. The van der Waals surface area contributed by atoms with Gasteiger partial charge in [-0.2, -0.15) is 4.98 Å². The van der Waals surface area contributed by atoms with Gasteiger partial charge in [0.1, 0.15) is 5.75 Å². The van der Waals surface area contributed by atoms with Crippen LogP contribution in [0.3, 0.4) is 0 Å². The minimum atomic E-state index is -0.293. The molecule has 8 heteroatoms. The van der Waals surface area contributed by atoms with Gasteiger partial charge >= 0.3 is 0 Å². The molecule has 2 aromatic carbocycles. The van der Waals surface area contributed by atoms with Crippen molar-refractivity contribution in [3.8, 4) is 22.8 Å². The topological polar surface area (TPSA) is 77.8 Å². The number of benzene rings is 2. The van der Waals surface area contributed by atoms with Gasteiger partial charge in [0.2, 0.25) is 5.95 Å². The highest BCUT2D eigenvalue weighted by Crippen LogP contribution is 2.28. The first kappa shape index (κ1) is 18.9. The van der Waals surface area contributed by atoms with Crippen molar-refractivity contribution >= 4 is 33.4 Å². The van der Waals surface area contributed by atoms with Crippen LogP contribution in [-0.2, 0) is 0 Å². The molecular weight excluding hydrogens is 436 g/mol. The van der Waals surface area contributed by atoms with Crippen molar-refractivity contribution in [1.29, 1.82) is 0 Å². The summed E-state index contributed by atoms with van der Waals surface area (Å²) in [5.41, 5.74) is 2.75. The summed E-state index contributed by atoms with van der Waals surface area (Å²) in [6, 6.07) is 18.4. The summed E-state index contributed by atoms with van der Waals surface area (Å²) in [5.74, 6) is 1.22. The highest BCUT2D eigenvalue weighted by atomic mass is 79.9. The first-order valence-electron chi connectivity index (χ1n) is 8.74. The summed E-state index contributed by atoms with van der Waals surface area (Å²) in [7, 11) is 3.19. The van der Waals surface area contributed by atoms with E-state index in [0.717, 1.165) is 21.5 Å². The van der Waals surface area contributed by atoms with Gasteiger partial charge in [0.15, 0.2) is 11.4 Å². The second-order valence-electron chi connectivity index (χ2n) is 6.15. The number of pyridine rings is 1. The summed E-state index contributed by atoms with van der Waals surface area (Å²) in [6.07, 6.45) is 0.